The third-order valence-electron chi connectivity index (χ3n) is 4.85. The molecule has 7 nitrogen and oxygen atoms in total. The number of anilines is 1. The van der Waals surface area contributed by atoms with E-state index in [0.29, 0.717) is 28.6 Å². The highest BCUT2D eigenvalue weighted by Crippen LogP contribution is 2.24. The smallest absolute Gasteiger partial charge is 0.244 e. The standard InChI is InChI=1S/C22H26Cl2FN3O4S/c1-4-10-26-22(30)15(2)27(13-16-8-9-17(23)11-20(16)24)21(29)14-28(33(3,31)32)19-7-5-6-18(25)12-19/h5-9,11-12,15H,4,10,13-14H2,1-3H3,(H,26,30)/t15-/m1/s1. The van der Waals surface area contributed by atoms with E-state index >= 15 is 0 Å². The Bertz CT molecular complexity index is 1110. The van der Waals surface area contributed by atoms with Gasteiger partial charge in [-0.1, -0.05) is 42.3 Å². The molecule has 0 fully saturated rings. The van der Waals surface area contributed by atoms with Crippen LogP contribution in [-0.4, -0.2) is 50.5 Å². The van der Waals surface area contributed by atoms with Gasteiger partial charge < -0.3 is 10.2 Å². The highest BCUT2D eigenvalue weighted by atomic mass is 35.5. The van der Waals surface area contributed by atoms with E-state index < -0.39 is 40.2 Å². The maximum atomic E-state index is 13.7. The van der Waals surface area contributed by atoms with Gasteiger partial charge in [-0.15, -0.1) is 0 Å². The number of carbonyl (C=O) groups is 2. The zero-order valence-electron chi connectivity index (χ0n) is 18.5. The Morgan fingerprint density at radius 2 is 1.85 bits per heavy atom. The lowest BCUT2D eigenvalue weighted by Gasteiger charge is -2.31. The Morgan fingerprint density at radius 1 is 1.15 bits per heavy atom. The lowest BCUT2D eigenvalue weighted by Crippen LogP contribution is -2.51. The summed E-state index contributed by atoms with van der Waals surface area (Å²) in [6, 6.07) is 8.73. The van der Waals surface area contributed by atoms with E-state index in [1.165, 1.54) is 29.2 Å². The molecule has 0 radical (unpaired) electrons. The van der Waals surface area contributed by atoms with Crippen LogP contribution in [-0.2, 0) is 26.2 Å². The van der Waals surface area contributed by atoms with Crippen molar-refractivity contribution in [2.24, 2.45) is 0 Å². The van der Waals surface area contributed by atoms with Gasteiger partial charge >= 0.3 is 0 Å². The Labute approximate surface area is 203 Å². The fraction of sp³-hybridized carbons (Fsp3) is 0.364. The van der Waals surface area contributed by atoms with E-state index in [2.05, 4.69) is 5.32 Å². The van der Waals surface area contributed by atoms with Gasteiger partial charge in [-0.2, -0.15) is 0 Å². The number of sulfonamides is 1. The highest BCUT2D eigenvalue weighted by molar-refractivity contribution is 7.92. The molecule has 0 unspecified atom stereocenters. The molecular weight excluding hydrogens is 492 g/mol. The minimum absolute atomic E-state index is 0.00147. The number of benzene rings is 2. The lowest BCUT2D eigenvalue weighted by molar-refractivity contribution is -0.139. The van der Waals surface area contributed by atoms with Crippen LogP contribution in [0.2, 0.25) is 10.0 Å². The second kappa shape index (κ2) is 11.7. The van der Waals surface area contributed by atoms with E-state index in [1.54, 1.807) is 19.1 Å². The first kappa shape index (κ1) is 26.9. The van der Waals surface area contributed by atoms with Gasteiger partial charge in [0.1, 0.15) is 18.4 Å². The number of nitrogens with zero attached hydrogens (tertiary/aromatic N) is 2. The Morgan fingerprint density at radius 3 is 2.42 bits per heavy atom. The Balaban J connectivity index is 2.40. The minimum atomic E-state index is -3.93. The molecule has 180 valence electrons. The van der Waals surface area contributed by atoms with Crippen molar-refractivity contribution in [2.45, 2.75) is 32.9 Å². The van der Waals surface area contributed by atoms with E-state index in [1.807, 2.05) is 6.92 Å². The van der Waals surface area contributed by atoms with Crippen LogP contribution >= 0.6 is 23.2 Å². The summed E-state index contributed by atoms with van der Waals surface area (Å²) in [7, 11) is -3.93. The van der Waals surface area contributed by atoms with Gasteiger partial charge in [-0.05, 0) is 49.2 Å². The van der Waals surface area contributed by atoms with Crippen molar-refractivity contribution < 1.29 is 22.4 Å². The Hall–Kier alpha value is -2.36. The third kappa shape index (κ3) is 7.58. The number of carbonyl (C=O) groups excluding carboxylic acids is 2. The van der Waals surface area contributed by atoms with Crippen LogP contribution in [0.3, 0.4) is 0 Å². The van der Waals surface area contributed by atoms with Gasteiger partial charge in [-0.25, -0.2) is 12.8 Å². The number of amides is 2. The SMILES string of the molecule is CCCNC(=O)[C@@H](C)N(Cc1ccc(Cl)cc1Cl)C(=O)CN(c1cccc(F)c1)S(C)(=O)=O. The lowest BCUT2D eigenvalue weighted by atomic mass is 10.1. The average Bonchev–Trinajstić information content (AvgIpc) is 2.73. The fourth-order valence-corrected chi connectivity index (χ4v) is 4.37. The zero-order valence-corrected chi connectivity index (χ0v) is 20.8. The summed E-state index contributed by atoms with van der Waals surface area (Å²) < 4.78 is 39.4. The maximum Gasteiger partial charge on any atom is 0.244 e. The van der Waals surface area contributed by atoms with Gasteiger partial charge in [0.05, 0.1) is 11.9 Å². The molecule has 0 heterocycles. The number of hydrogen-bond acceptors (Lipinski definition) is 4. The average molecular weight is 518 g/mol. The van der Waals surface area contributed by atoms with E-state index in [0.717, 1.165) is 16.6 Å². The summed E-state index contributed by atoms with van der Waals surface area (Å²) in [4.78, 5) is 27.2. The highest BCUT2D eigenvalue weighted by Gasteiger charge is 2.30. The van der Waals surface area contributed by atoms with Crippen molar-refractivity contribution in [2.75, 3.05) is 23.7 Å². The number of rotatable bonds is 10. The van der Waals surface area contributed by atoms with E-state index in [-0.39, 0.29) is 12.2 Å². The predicted octanol–water partition coefficient (Wildman–Crippen LogP) is 3.84. The monoisotopic (exact) mass is 517 g/mol. The molecule has 2 aromatic rings. The van der Waals surface area contributed by atoms with Crippen LogP contribution in [0.15, 0.2) is 42.5 Å². The molecule has 0 spiro atoms. The zero-order chi connectivity index (χ0) is 24.8. The summed E-state index contributed by atoms with van der Waals surface area (Å²) in [5.41, 5.74) is 0.527. The third-order valence-corrected chi connectivity index (χ3v) is 6.58. The number of hydrogen-bond donors (Lipinski definition) is 1. The molecule has 0 aromatic heterocycles. The molecular formula is C22H26Cl2FN3O4S. The second-order valence-corrected chi connectivity index (χ2v) is 10.2. The Kier molecular flexibility index (Phi) is 9.51. The topological polar surface area (TPSA) is 86.8 Å². The van der Waals surface area contributed by atoms with Gasteiger partial charge in [-0.3, -0.25) is 13.9 Å². The maximum absolute atomic E-state index is 13.7. The molecule has 1 N–H and O–H groups in total. The van der Waals surface area contributed by atoms with E-state index in [4.69, 9.17) is 23.2 Å². The van der Waals surface area contributed by atoms with E-state index in [9.17, 15) is 22.4 Å². The van der Waals surface area contributed by atoms with Crippen LogP contribution in [0.1, 0.15) is 25.8 Å². The molecule has 2 rings (SSSR count). The van der Waals surface area contributed by atoms with Gasteiger partial charge in [0.25, 0.3) is 0 Å². The van der Waals surface area contributed by atoms with Crippen molar-refractivity contribution >= 4 is 50.7 Å². The quantitative estimate of drug-likeness (QED) is 0.518. The van der Waals surface area contributed by atoms with Crippen molar-refractivity contribution in [1.82, 2.24) is 10.2 Å². The fourth-order valence-electron chi connectivity index (χ4n) is 3.06. The molecule has 0 saturated carbocycles. The first-order chi connectivity index (χ1) is 15.4. The number of nitrogens with one attached hydrogen (secondary N) is 1. The van der Waals surface area contributed by atoms with Crippen LogP contribution in [0, 0.1) is 5.82 Å². The van der Waals surface area contributed by atoms with Gasteiger partial charge in [0.15, 0.2) is 0 Å². The van der Waals surface area contributed by atoms with Crippen molar-refractivity contribution in [3.05, 3.63) is 63.9 Å². The first-order valence-corrected chi connectivity index (χ1v) is 12.8. The summed E-state index contributed by atoms with van der Waals surface area (Å²) in [6.45, 7) is 3.17. The first-order valence-electron chi connectivity index (χ1n) is 10.2. The summed E-state index contributed by atoms with van der Waals surface area (Å²) in [5.74, 6) is -1.70. The van der Waals surface area contributed by atoms with Crippen LogP contribution in [0.25, 0.3) is 0 Å². The molecule has 33 heavy (non-hydrogen) atoms. The van der Waals surface area contributed by atoms with Crippen LogP contribution < -0.4 is 9.62 Å². The summed E-state index contributed by atoms with van der Waals surface area (Å²) in [6.07, 6.45) is 1.62. The van der Waals surface area contributed by atoms with Gasteiger partial charge in [0.2, 0.25) is 21.8 Å². The molecule has 0 aliphatic rings. The van der Waals surface area contributed by atoms with Gasteiger partial charge in [0, 0.05) is 23.1 Å². The van der Waals surface area contributed by atoms with Crippen LogP contribution in [0.4, 0.5) is 10.1 Å². The molecule has 2 aromatic carbocycles. The predicted molar refractivity (Wildman–Crippen MR) is 128 cm³/mol. The minimum Gasteiger partial charge on any atom is -0.354 e. The van der Waals surface area contributed by atoms with Crippen LogP contribution in [0.5, 0.6) is 0 Å². The molecule has 2 amide bonds. The molecule has 0 saturated heterocycles. The molecule has 11 heteroatoms. The normalized spacial score (nSPS) is 12.2. The second-order valence-electron chi connectivity index (χ2n) is 7.47. The van der Waals surface area contributed by atoms with Crippen molar-refractivity contribution in [1.29, 1.82) is 0 Å². The van der Waals surface area contributed by atoms with Crippen molar-refractivity contribution in [3.63, 3.8) is 0 Å². The molecule has 0 bridgehead atoms. The molecule has 0 aliphatic carbocycles. The summed E-state index contributed by atoms with van der Waals surface area (Å²) >= 11 is 12.2. The molecule has 1 atom stereocenters. The van der Waals surface area contributed by atoms with Crippen molar-refractivity contribution in [3.8, 4) is 0 Å². The number of halogens is 3. The largest absolute Gasteiger partial charge is 0.354 e. The molecule has 0 aliphatic heterocycles. The summed E-state index contributed by atoms with van der Waals surface area (Å²) in [5, 5.41) is 3.44.